The van der Waals surface area contributed by atoms with Gasteiger partial charge in [-0.3, -0.25) is 4.79 Å². The van der Waals surface area contributed by atoms with Crippen molar-refractivity contribution in [3.8, 4) is 0 Å². The first-order valence-corrected chi connectivity index (χ1v) is 5.98. The van der Waals surface area contributed by atoms with Crippen LogP contribution < -0.4 is 5.32 Å². The van der Waals surface area contributed by atoms with E-state index < -0.39 is 5.60 Å². The molecule has 0 aliphatic carbocycles. The molecule has 1 heterocycles. The summed E-state index contributed by atoms with van der Waals surface area (Å²) in [6.07, 6.45) is 1.99. The van der Waals surface area contributed by atoms with Crippen LogP contribution in [0.4, 0.5) is 0 Å². The van der Waals surface area contributed by atoms with Crippen molar-refractivity contribution in [2.75, 3.05) is 19.8 Å². The first-order chi connectivity index (χ1) is 7.40. The van der Waals surface area contributed by atoms with Gasteiger partial charge in [0, 0.05) is 38.0 Å². The summed E-state index contributed by atoms with van der Waals surface area (Å²) in [5, 5.41) is 13.0. The summed E-state index contributed by atoms with van der Waals surface area (Å²) in [4.78, 5) is 11.8. The second kappa shape index (κ2) is 5.15. The largest absolute Gasteiger partial charge is 0.388 e. The Morgan fingerprint density at radius 2 is 2.00 bits per heavy atom. The van der Waals surface area contributed by atoms with Crippen LogP contribution in [0, 0.1) is 5.41 Å². The van der Waals surface area contributed by atoms with E-state index in [0.29, 0.717) is 32.6 Å². The summed E-state index contributed by atoms with van der Waals surface area (Å²) >= 11 is 0. The molecular formula is C12H23NO3. The summed E-state index contributed by atoms with van der Waals surface area (Å²) in [7, 11) is 0. The number of aliphatic hydroxyl groups is 1. The van der Waals surface area contributed by atoms with E-state index in [1.807, 2.05) is 20.8 Å². The van der Waals surface area contributed by atoms with E-state index in [1.54, 1.807) is 0 Å². The molecule has 1 amide bonds. The van der Waals surface area contributed by atoms with Crippen LogP contribution in [-0.4, -0.2) is 36.4 Å². The van der Waals surface area contributed by atoms with Crippen molar-refractivity contribution in [1.82, 2.24) is 5.32 Å². The van der Waals surface area contributed by atoms with Crippen molar-refractivity contribution in [2.45, 2.75) is 45.6 Å². The lowest BCUT2D eigenvalue weighted by molar-refractivity contribution is -0.132. The smallest absolute Gasteiger partial charge is 0.225 e. The van der Waals surface area contributed by atoms with Gasteiger partial charge < -0.3 is 15.2 Å². The van der Waals surface area contributed by atoms with Gasteiger partial charge in [-0.05, 0) is 6.42 Å². The third kappa shape index (κ3) is 3.46. The molecule has 0 aromatic carbocycles. The molecule has 1 aliphatic rings. The molecule has 0 spiro atoms. The molecular weight excluding hydrogens is 206 g/mol. The van der Waals surface area contributed by atoms with Crippen LogP contribution in [0.25, 0.3) is 0 Å². The SMILES string of the molecule is CCC(C)(C)C(=O)NCC1(O)CCOCC1. The molecule has 1 rings (SSSR count). The molecule has 0 aromatic rings. The van der Waals surface area contributed by atoms with Crippen molar-refractivity contribution < 1.29 is 14.6 Å². The minimum Gasteiger partial charge on any atom is -0.388 e. The molecule has 1 aliphatic heterocycles. The van der Waals surface area contributed by atoms with Gasteiger partial charge in [-0.2, -0.15) is 0 Å². The maximum Gasteiger partial charge on any atom is 0.225 e. The average molecular weight is 229 g/mol. The van der Waals surface area contributed by atoms with Crippen molar-refractivity contribution in [3.05, 3.63) is 0 Å². The van der Waals surface area contributed by atoms with E-state index in [0.717, 1.165) is 6.42 Å². The molecule has 0 atom stereocenters. The fourth-order valence-corrected chi connectivity index (χ4v) is 1.57. The standard InChI is InChI=1S/C12H23NO3/c1-4-11(2,3)10(14)13-9-12(15)5-7-16-8-6-12/h15H,4-9H2,1-3H3,(H,13,14). The third-order valence-corrected chi connectivity index (χ3v) is 3.50. The first kappa shape index (κ1) is 13.5. The minimum atomic E-state index is -0.780. The van der Waals surface area contributed by atoms with E-state index in [-0.39, 0.29) is 11.3 Å². The third-order valence-electron chi connectivity index (χ3n) is 3.50. The van der Waals surface area contributed by atoms with Crippen LogP contribution in [-0.2, 0) is 9.53 Å². The van der Waals surface area contributed by atoms with E-state index in [4.69, 9.17) is 4.74 Å². The molecule has 1 saturated heterocycles. The van der Waals surface area contributed by atoms with Gasteiger partial charge in [0.1, 0.15) is 0 Å². The van der Waals surface area contributed by atoms with E-state index in [1.165, 1.54) is 0 Å². The van der Waals surface area contributed by atoms with Gasteiger partial charge in [-0.25, -0.2) is 0 Å². The van der Waals surface area contributed by atoms with Crippen molar-refractivity contribution in [2.24, 2.45) is 5.41 Å². The average Bonchev–Trinajstić information content (AvgIpc) is 2.27. The Balaban J connectivity index is 2.41. The highest BCUT2D eigenvalue weighted by molar-refractivity contribution is 5.81. The van der Waals surface area contributed by atoms with Crippen LogP contribution >= 0.6 is 0 Å². The van der Waals surface area contributed by atoms with Crippen molar-refractivity contribution >= 4 is 5.91 Å². The monoisotopic (exact) mass is 229 g/mol. The molecule has 94 valence electrons. The molecule has 4 nitrogen and oxygen atoms in total. The summed E-state index contributed by atoms with van der Waals surface area (Å²) in [6, 6.07) is 0. The van der Waals surface area contributed by atoms with Crippen molar-refractivity contribution in [3.63, 3.8) is 0 Å². The fourth-order valence-electron chi connectivity index (χ4n) is 1.57. The van der Waals surface area contributed by atoms with E-state index in [9.17, 15) is 9.90 Å². The molecule has 0 aromatic heterocycles. The lowest BCUT2D eigenvalue weighted by atomic mass is 9.88. The lowest BCUT2D eigenvalue weighted by Gasteiger charge is -2.33. The Kier molecular flexibility index (Phi) is 4.33. The van der Waals surface area contributed by atoms with E-state index in [2.05, 4.69) is 5.32 Å². The Labute approximate surface area is 97.4 Å². The second-order valence-electron chi connectivity index (χ2n) is 5.26. The maximum atomic E-state index is 11.8. The fraction of sp³-hybridized carbons (Fsp3) is 0.917. The summed E-state index contributed by atoms with van der Waals surface area (Å²) in [5.41, 5.74) is -1.14. The molecule has 4 heteroatoms. The molecule has 0 bridgehead atoms. The number of nitrogens with one attached hydrogen (secondary N) is 1. The number of rotatable bonds is 4. The molecule has 1 fully saturated rings. The Morgan fingerprint density at radius 1 is 1.44 bits per heavy atom. The minimum absolute atomic E-state index is 0.00918. The number of carbonyl (C=O) groups excluding carboxylic acids is 1. The summed E-state index contributed by atoms with van der Waals surface area (Å²) in [5.74, 6) is 0.00918. The maximum absolute atomic E-state index is 11.8. The molecule has 0 radical (unpaired) electrons. The Morgan fingerprint density at radius 3 is 2.50 bits per heavy atom. The summed E-state index contributed by atoms with van der Waals surface area (Å²) in [6.45, 7) is 7.29. The molecule has 0 unspecified atom stereocenters. The summed E-state index contributed by atoms with van der Waals surface area (Å²) < 4.78 is 5.19. The van der Waals surface area contributed by atoms with Gasteiger partial charge in [0.05, 0.1) is 5.60 Å². The predicted octanol–water partition coefficient (Wildman–Crippen LogP) is 1.08. The van der Waals surface area contributed by atoms with Crippen LogP contribution in [0.2, 0.25) is 0 Å². The zero-order valence-corrected chi connectivity index (χ0v) is 10.5. The highest BCUT2D eigenvalue weighted by atomic mass is 16.5. The molecule has 2 N–H and O–H groups in total. The number of carbonyl (C=O) groups is 1. The van der Waals surface area contributed by atoms with Gasteiger partial charge in [-0.15, -0.1) is 0 Å². The highest BCUT2D eigenvalue weighted by Gasteiger charge is 2.32. The normalized spacial score (nSPS) is 20.5. The van der Waals surface area contributed by atoms with Crippen LogP contribution in [0.5, 0.6) is 0 Å². The lowest BCUT2D eigenvalue weighted by Crippen LogP contribution is -2.49. The number of amides is 1. The van der Waals surface area contributed by atoms with Gasteiger partial charge in [0.25, 0.3) is 0 Å². The zero-order chi connectivity index (χ0) is 12.2. The zero-order valence-electron chi connectivity index (χ0n) is 10.5. The first-order valence-electron chi connectivity index (χ1n) is 5.98. The van der Waals surface area contributed by atoms with Crippen LogP contribution in [0.1, 0.15) is 40.0 Å². The molecule has 16 heavy (non-hydrogen) atoms. The van der Waals surface area contributed by atoms with Crippen LogP contribution in [0.15, 0.2) is 0 Å². The van der Waals surface area contributed by atoms with Crippen molar-refractivity contribution in [1.29, 1.82) is 0 Å². The molecule has 0 saturated carbocycles. The Hall–Kier alpha value is -0.610. The van der Waals surface area contributed by atoms with Gasteiger partial charge in [0.15, 0.2) is 0 Å². The number of ether oxygens (including phenoxy) is 1. The predicted molar refractivity (Wildman–Crippen MR) is 62.1 cm³/mol. The van der Waals surface area contributed by atoms with Gasteiger partial charge >= 0.3 is 0 Å². The van der Waals surface area contributed by atoms with Gasteiger partial charge in [-0.1, -0.05) is 20.8 Å². The topological polar surface area (TPSA) is 58.6 Å². The second-order valence-corrected chi connectivity index (χ2v) is 5.26. The number of hydrogen-bond acceptors (Lipinski definition) is 3. The van der Waals surface area contributed by atoms with Crippen LogP contribution in [0.3, 0.4) is 0 Å². The highest BCUT2D eigenvalue weighted by Crippen LogP contribution is 2.22. The van der Waals surface area contributed by atoms with Gasteiger partial charge in [0.2, 0.25) is 5.91 Å². The Bertz CT molecular complexity index is 245. The van der Waals surface area contributed by atoms with E-state index >= 15 is 0 Å². The number of hydrogen-bond donors (Lipinski definition) is 2. The quantitative estimate of drug-likeness (QED) is 0.758.